The van der Waals surface area contributed by atoms with Crippen LogP contribution in [0.15, 0.2) is 211 Å². The van der Waals surface area contributed by atoms with Crippen LogP contribution in [0.2, 0.25) is 0 Å². The SMILES string of the molecule is N#Cc1cccc(-c2nc(-c3cccc4oc5cccc(-c6ccccc6)c5c34)nc(-n3c4ccccc4c4ccc5c6ccccc6n(-c6cccc(-c7ccccc7)c6)c5c43)n2)c1. The lowest BCUT2D eigenvalue weighted by atomic mass is 9.97. The van der Waals surface area contributed by atoms with Gasteiger partial charge in [0.1, 0.15) is 11.2 Å². The molecule has 0 amide bonds. The van der Waals surface area contributed by atoms with E-state index in [0.717, 1.165) is 99.1 Å². The highest BCUT2D eigenvalue weighted by Crippen LogP contribution is 2.44. The zero-order valence-corrected chi connectivity index (χ0v) is 34.7. The van der Waals surface area contributed by atoms with Crippen molar-refractivity contribution in [1.29, 1.82) is 5.26 Å². The standard InChI is InChI=1S/C58H34N6O/c59-35-36-15-11-21-40(33-36)56-60-57(47-26-14-30-51-53(47)52-42(25-13-29-50(52)65-51)38-18-5-2-6-19-38)62-58(61-56)64-49-28-10-8-24-44(49)46-32-31-45-43-23-7-9-27-48(43)63(54(45)55(46)64)41-22-12-20-39(34-41)37-16-3-1-4-17-37/h1-34H. The van der Waals surface area contributed by atoms with Crippen molar-refractivity contribution < 1.29 is 4.42 Å². The van der Waals surface area contributed by atoms with Gasteiger partial charge >= 0.3 is 0 Å². The van der Waals surface area contributed by atoms with E-state index in [9.17, 15) is 5.26 Å². The first-order valence-electron chi connectivity index (χ1n) is 21.6. The molecule has 0 atom stereocenters. The monoisotopic (exact) mass is 830 g/mol. The number of rotatable bonds is 6. The highest BCUT2D eigenvalue weighted by molar-refractivity contribution is 6.24. The summed E-state index contributed by atoms with van der Waals surface area (Å²) in [6, 6.07) is 73.2. The van der Waals surface area contributed by atoms with E-state index in [4.69, 9.17) is 19.4 Å². The molecule has 0 aliphatic rings. The van der Waals surface area contributed by atoms with Gasteiger partial charge in [-0.05, 0) is 70.8 Å². The number of fused-ring (bicyclic) bond motifs is 10. The van der Waals surface area contributed by atoms with Crippen LogP contribution in [0.5, 0.6) is 0 Å². The Labute approximate surface area is 372 Å². The maximum absolute atomic E-state index is 10.0. The van der Waals surface area contributed by atoms with E-state index in [1.165, 1.54) is 0 Å². The molecule has 0 bridgehead atoms. The van der Waals surface area contributed by atoms with Gasteiger partial charge in [0.15, 0.2) is 11.6 Å². The van der Waals surface area contributed by atoms with Crippen molar-refractivity contribution in [3.05, 3.63) is 212 Å². The topological polar surface area (TPSA) is 85.5 Å². The van der Waals surface area contributed by atoms with Crippen molar-refractivity contribution in [1.82, 2.24) is 24.1 Å². The van der Waals surface area contributed by atoms with Gasteiger partial charge in [0.2, 0.25) is 5.95 Å². The molecule has 65 heavy (non-hydrogen) atoms. The summed E-state index contributed by atoms with van der Waals surface area (Å²) in [4.78, 5) is 16.1. The molecule has 9 aromatic carbocycles. The Bertz CT molecular complexity index is 4080. The molecule has 0 saturated heterocycles. The average Bonchev–Trinajstić information content (AvgIpc) is 4.05. The molecular formula is C58H34N6O. The van der Waals surface area contributed by atoms with Crippen LogP contribution in [0.4, 0.5) is 0 Å². The molecule has 0 aliphatic heterocycles. The summed E-state index contributed by atoms with van der Waals surface area (Å²) in [7, 11) is 0. The average molecular weight is 831 g/mol. The summed E-state index contributed by atoms with van der Waals surface area (Å²) in [6.07, 6.45) is 0. The third-order valence-electron chi connectivity index (χ3n) is 12.6. The first-order valence-corrected chi connectivity index (χ1v) is 21.6. The van der Waals surface area contributed by atoms with Gasteiger partial charge in [0.25, 0.3) is 0 Å². The van der Waals surface area contributed by atoms with Crippen LogP contribution in [-0.4, -0.2) is 24.1 Å². The quantitative estimate of drug-likeness (QED) is 0.167. The van der Waals surface area contributed by atoms with E-state index < -0.39 is 0 Å². The second-order valence-corrected chi connectivity index (χ2v) is 16.3. The Kier molecular flexibility index (Phi) is 8.14. The molecular weight excluding hydrogens is 797 g/mol. The van der Waals surface area contributed by atoms with Crippen molar-refractivity contribution in [3.8, 4) is 62.7 Å². The van der Waals surface area contributed by atoms with E-state index in [1.54, 1.807) is 6.07 Å². The summed E-state index contributed by atoms with van der Waals surface area (Å²) in [5, 5.41) is 16.3. The van der Waals surface area contributed by atoms with Crippen LogP contribution in [0.3, 0.4) is 0 Å². The molecule has 0 radical (unpaired) electrons. The molecule has 302 valence electrons. The Morgan fingerprint density at radius 2 is 0.954 bits per heavy atom. The number of nitriles is 1. The van der Waals surface area contributed by atoms with E-state index in [2.05, 4.69) is 161 Å². The van der Waals surface area contributed by atoms with Crippen LogP contribution in [0, 0.1) is 11.3 Å². The first kappa shape index (κ1) is 36.5. The fourth-order valence-electron chi connectivity index (χ4n) is 9.79. The van der Waals surface area contributed by atoms with Crippen LogP contribution in [-0.2, 0) is 0 Å². The largest absolute Gasteiger partial charge is 0.456 e. The molecule has 0 spiro atoms. The molecule has 7 heteroatoms. The maximum atomic E-state index is 10.0. The van der Waals surface area contributed by atoms with Gasteiger partial charge in [-0.3, -0.25) is 4.57 Å². The van der Waals surface area contributed by atoms with Gasteiger partial charge in [0.05, 0.1) is 33.7 Å². The smallest absolute Gasteiger partial charge is 0.238 e. The van der Waals surface area contributed by atoms with Gasteiger partial charge in [0, 0.05) is 49.1 Å². The number of hydrogen-bond acceptors (Lipinski definition) is 5. The predicted molar refractivity (Wildman–Crippen MR) is 262 cm³/mol. The van der Waals surface area contributed by atoms with E-state index >= 15 is 0 Å². The van der Waals surface area contributed by atoms with Gasteiger partial charge in [-0.2, -0.15) is 15.2 Å². The third kappa shape index (κ3) is 5.71. The molecule has 0 unspecified atom stereocenters. The van der Waals surface area contributed by atoms with Crippen molar-refractivity contribution in [2.24, 2.45) is 0 Å². The van der Waals surface area contributed by atoms with Crippen LogP contribution < -0.4 is 0 Å². The molecule has 13 aromatic rings. The van der Waals surface area contributed by atoms with Crippen molar-refractivity contribution in [2.75, 3.05) is 0 Å². The third-order valence-corrected chi connectivity index (χ3v) is 12.6. The molecule has 0 aliphatic carbocycles. The van der Waals surface area contributed by atoms with Crippen LogP contribution in [0.1, 0.15) is 5.56 Å². The minimum absolute atomic E-state index is 0.449. The number of hydrogen-bond donors (Lipinski definition) is 0. The highest BCUT2D eigenvalue weighted by atomic mass is 16.3. The Morgan fingerprint density at radius 1 is 0.400 bits per heavy atom. The Morgan fingerprint density at radius 3 is 1.68 bits per heavy atom. The van der Waals surface area contributed by atoms with Crippen LogP contribution >= 0.6 is 0 Å². The molecule has 0 saturated carbocycles. The second-order valence-electron chi connectivity index (χ2n) is 16.3. The summed E-state index contributed by atoms with van der Waals surface area (Å²) in [6.45, 7) is 0. The van der Waals surface area contributed by atoms with Gasteiger partial charge in [-0.15, -0.1) is 0 Å². The predicted octanol–water partition coefficient (Wildman–Crippen LogP) is 14.5. The summed E-state index contributed by atoms with van der Waals surface area (Å²) in [5.74, 6) is 1.39. The van der Waals surface area contributed by atoms with Gasteiger partial charge in [-0.25, -0.2) is 4.98 Å². The molecule has 4 aromatic heterocycles. The number of para-hydroxylation sites is 2. The first-order chi connectivity index (χ1) is 32.2. The van der Waals surface area contributed by atoms with Gasteiger partial charge in [-0.1, -0.05) is 158 Å². The molecule has 7 nitrogen and oxygen atoms in total. The number of aromatic nitrogens is 5. The fourth-order valence-corrected chi connectivity index (χ4v) is 9.79. The minimum atomic E-state index is 0.449. The van der Waals surface area contributed by atoms with E-state index in [1.807, 2.05) is 54.6 Å². The lowest BCUT2D eigenvalue weighted by Gasteiger charge is -2.14. The summed E-state index contributed by atoms with van der Waals surface area (Å²) >= 11 is 0. The van der Waals surface area contributed by atoms with Crippen molar-refractivity contribution >= 4 is 65.6 Å². The fraction of sp³-hybridized carbons (Fsp3) is 0. The number of furan rings is 1. The number of benzene rings is 9. The summed E-state index contributed by atoms with van der Waals surface area (Å²) < 4.78 is 11.2. The second kappa shape index (κ2) is 14.5. The molecule has 13 rings (SSSR count). The van der Waals surface area contributed by atoms with Gasteiger partial charge < -0.3 is 8.98 Å². The molecule has 0 N–H and O–H groups in total. The van der Waals surface area contributed by atoms with Crippen LogP contribution in [0.25, 0.3) is 122 Å². The minimum Gasteiger partial charge on any atom is -0.456 e. The zero-order valence-electron chi connectivity index (χ0n) is 34.7. The number of nitrogens with zero attached hydrogens (tertiary/aromatic N) is 6. The Balaban J connectivity index is 1.16. The molecule has 4 heterocycles. The van der Waals surface area contributed by atoms with Crippen molar-refractivity contribution in [3.63, 3.8) is 0 Å². The normalized spacial score (nSPS) is 11.7. The maximum Gasteiger partial charge on any atom is 0.238 e. The van der Waals surface area contributed by atoms with E-state index in [0.29, 0.717) is 28.7 Å². The summed E-state index contributed by atoms with van der Waals surface area (Å²) in [5.41, 5.74) is 13.1. The zero-order chi connectivity index (χ0) is 43.0. The highest BCUT2D eigenvalue weighted by Gasteiger charge is 2.25. The lowest BCUT2D eigenvalue weighted by molar-refractivity contribution is 0.669. The van der Waals surface area contributed by atoms with Crippen molar-refractivity contribution in [2.45, 2.75) is 0 Å². The lowest BCUT2D eigenvalue weighted by Crippen LogP contribution is -2.07. The Hall–Kier alpha value is -9.12. The molecule has 0 fully saturated rings. The van der Waals surface area contributed by atoms with E-state index in [-0.39, 0.29) is 0 Å².